The first kappa shape index (κ1) is 11.9. The van der Waals surface area contributed by atoms with Gasteiger partial charge in [-0.25, -0.2) is 0 Å². The smallest absolute Gasteiger partial charge is 0.309 e. The van der Waals surface area contributed by atoms with Gasteiger partial charge in [0.05, 0.1) is 6.42 Å². The van der Waals surface area contributed by atoms with E-state index in [0.717, 1.165) is 17.7 Å². The van der Waals surface area contributed by atoms with E-state index < -0.39 is 12.6 Å². The van der Waals surface area contributed by atoms with E-state index in [9.17, 15) is 13.2 Å². The lowest BCUT2D eigenvalue weighted by molar-refractivity contribution is -0.133. The van der Waals surface area contributed by atoms with E-state index in [1.165, 1.54) is 0 Å². The summed E-state index contributed by atoms with van der Waals surface area (Å²) in [6.45, 7) is 0.0164. The predicted molar refractivity (Wildman–Crippen MR) is 58.5 cm³/mol. The Labute approximate surface area is 96.7 Å². The number of hydrogen-bond donors (Lipinski definition) is 1. The number of alkyl halides is 3. The Kier molecular flexibility index (Phi) is 3.54. The van der Waals surface area contributed by atoms with Crippen molar-refractivity contribution in [1.29, 1.82) is 0 Å². The van der Waals surface area contributed by atoms with Gasteiger partial charge in [0.1, 0.15) is 0 Å². The molecule has 0 saturated heterocycles. The zero-order valence-electron chi connectivity index (χ0n) is 8.76. The maximum atomic E-state index is 12.0. The second-order valence-corrected chi connectivity index (χ2v) is 5.13. The highest BCUT2D eigenvalue weighted by molar-refractivity contribution is 7.10. The van der Waals surface area contributed by atoms with Gasteiger partial charge in [0.15, 0.2) is 0 Å². The summed E-state index contributed by atoms with van der Waals surface area (Å²) in [5.74, 6) is 0.534. The van der Waals surface area contributed by atoms with Crippen LogP contribution in [0.4, 0.5) is 13.2 Å². The maximum Gasteiger partial charge on any atom is 0.390 e. The molecule has 5 heteroatoms. The van der Waals surface area contributed by atoms with Crippen molar-refractivity contribution in [1.82, 2.24) is 5.32 Å². The Bertz CT molecular complexity index is 316. The van der Waals surface area contributed by atoms with Crippen LogP contribution in [0.5, 0.6) is 0 Å². The fraction of sp³-hybridized carbons (Fsp3) is 0.636. The van der Waals surface area contributed by atoms with Gasteiger partial charge in [-0.1, -0.05) is 6.07 Å². The number of hydrogen-bond acceptors (Lipinski definition) is 2. The topological polar surface area (TPSA) is 12.0 Å². The van der Waals surface area contributed by atoms with Gasteiger partial charge in [0.2, 0.25) is 0 Å². The van der Waals surface area contributed by atoms with E-state index in [4.69, 9.17) is 0 Å². The molecular formula is C11H14F3NS. The number of nitrogens with one attached hydrogen (secondary N) is 1. The minimum Gasteiger partial charge on any atom is -0.309 e. The third-order valence-electron chi connectivity index (χ3n) is 2.72. The molecule has 1 aromatic heterocycles. The highest BCUT2D eigenvalue weighted by Gasteiger charge is 2.34. The van der Waals surface area contributed by atoms with Crippen LogP contribution in [-0.2, 0) is 0 Å². The minimum absolute atomic E-state index is 0.0164. The van der Waals surface area contributed by atoms with Gasteiger partial charge in [-0.05, 0) is 30.2 Å². The number of thiophene rings is 1. The van der Waals surface area contributed by atoms with E-state index >= 15 is 0 Å². The SMILES string of the molecule is FC(F)(F)CCNC(c1cccs1)C1CC1. The lowest BCUT2D eigenvalue weighted by Gasteiger charge is -2.17. The molecule has 1 aliphatic carbocycles. The van der Waals surface area contributed by atoms with Crippen LogP contribution in [0.15, 0.2) is 17.5 Å². The van der Waals surface area contributed by atoms with Crippen LogP contribution >= 0.6 is 11.3 Å². The lowest BCUT2D eigenvalue weighted by Crippen LogP contribution is -2.26. The van der Waals surface area contributed by atoms with Crippen LogP contribution in [0, 0.1) is 5.92 Å². The molecule has 0 aliphatic heterocycles. The minimum atomic E-state index is -4.06. The van der Waals surface area contributed by atoms with Crippen molar-refractivity contribution in [2.24, 2.45) is 5.92 Å². The fourth-order valence-electron chi connectivity index (χ4n) is 1.77. The first-order valence-electron chi connectivity index (χ1n) is 5.40. The highest BCUT2D eigenvalue weighted by Crippen LogP contribution is 2.42. The second-order valence-electron chi connectivity index (χ2n) is 4.15. The van der Waals surface area contributed by atoms with Crippen LogP contribution in [0.3, 0.4) is 0 Å². The highest BCUT2D eigenvalue weighted by atomic mass is 32.1. The van der Waals surface area contributed by atoms with Crippen LogP contribution in [0.25, 0.3) is 0 Å². The molecule has 1 saturated carbocycles. The first-order chi connectivity index (χ1) is 7.56. The van der Waals surface area contributed by atoms with Crippen LogP contribution in [0.1, 0.15) is 30.2 Å². The molecular weight excluding hydrogens is 235 g/mol. The van der Waals surface area contributed by atoms with Gasteiger partial charge in [-0.15, -0.1) is 11.3 Å². The van der Waals surface area contributed by atoms with Gasteiger partial charge in [-0.3, -0.25) is 0 Å². The Morgan fingerprint density at radius 2 is 2.19 bits per heavy atom. The standard InChI is InChI=1S/C11H14F3NS/c12-11(13,14)5-6-15-10(8-3-4-8)9-2-1-7-16-9/h1-2,7-8,10,15H,3-6H2. The Morgan fingerprint density at radius 3 is 2.69 bits per heavy atom. The molecule has 0 aromatic carbocycles. The molecule has 90 valence electrons. The van der Waals surface area contributed by atoms with Gasteiger partial charge in [-0.2, -0.15) is 13.2 Å². The predicted octanol–water partition coefficient (Wildman–Crippen LogP) is 3.74. The normalized spacial score (nSPS) is 18.7. The van der Waals surface area contributed by atoms with Gasteiger partial charge in [0, 0.05) is 17.5 Å². The lowest BCUT2D eigenvalue weighted by atomic mass is 10.1. The summed E-state index contributed by atoms with van der Waals surface area (Å²) in [5.41, 5.74) is 0. The van der Waals surface area contributed by atoms with Crippen molar-refractivity contribution in [3.63, 3.8) is 0 Å². The van der Waals surface area contributed by atoms with E-state index in [1.807, 2.05) is 17.5 Å². The quantitative estimate of drug-likeness (QED) is 0.838. The summed E-state index contributed by atoms with van der Waals surface area (Å²) < 4.78 is 36.1. The van der Waals surface area contributed by atoms with Crippen molar-refractivity contribution in [2.75, 3.05) is 6.54 Å². The van der Waals surface area contributed by atoms with Crippen LogP contribution in [0.2, 0.25) is 0 Å². The summed E-state index contributed by atoms with van der Waals surface area (Å²) in [6, 6.07) is 4.07. The monoisotopic (exact) mass is 249 g/mol. The Hall–Kier alpha value is -0.550. The number of rotatable bonds is 5. The average molecular weight is 249 g/mol. The van der Waals surface area contributed by atoms with Crippen molar-refractivity contribution in [2.45, 2.75) is 31.5 Å². The van der Waals surface area contributed by atoms with Crippen LogP contribution in [-0.4, -0.2) is 12.7 Å². The molecule has 1 unspecified atom stereocenters. The third kappa shape index (κ3) is 3.49. The summed E-state index contributed by atoms with van der Waals surface area (Å²) in [7, 11) is 0. The zero-order chi connectivity index (χ0) is 11.6. The molecule has 2 rings (SSSR count). The zero-order valence-corrected chi connectivity index (χ0v) is 9.57. The van der Waals surface area contributed by atoms with Gasteiger partial charge >= 0.3 is 6.18 Å². The Balaban J connectivity index is 1.85. The molecule has 1 N–H and O–H groups in total. The fourth-order valence-corrected chi connectivity index (χ4v) is 2.66. The summed E-state index contributed by atoms with van der Waals surface area (Å²) in [6.07, 6.45) is -2.55. The first-order valence-corrected chi connectivity index (χ1v) is 6.28. The van der Waals surface area contributed by atoms with Crippen molar-refractivity contribution in [3.05, 3.63) is 22.4 Å². The summed E-state index contributed by atoms with van der Waals surface area (Å²) >= 11 is 1.61. The largest absolute Gasteiger partial charge is 0.390 e. The molecule has 0 bridgehead atoms. The Morgan fingerprint density at radius 1 is 1.44 bits per heavy atom. The molecule has 1 aromatic rings. The molecule has 0 radical (unpaired) electrons. The van der Waals surface area contributed by atoms with Gasteiger partial charge in [0.25, 0.3) is 0 Å². The van der Waals surface area contributed by atoms with Crippen molar-refractivity contribution < 1.29 is 13.2 Å². The summed E-state index contributed by atoms with van der Waals surface area (Å²) in [4.78, 5) is 1.16. The van der Waals surface area contributed by atoms with E-state index in [0.29, 0.717) is 5.92 Å². The average Bonchev–Trinajstić information content (AvgIpc) is 2.87. The van der Waals surface area contributed by atoms with Crippen molar-refractivity contribution >= 4 is 11.3 Å². The molecule has 1 nitrogen and oxygen atoms in total. The van der Waals surface area contributed by atoms with E-state index in [2.05, 4.69) is 5.32 Å². The summed E-state index contributed by atoms with van der Waals surface area (Å²) in [5, 5.41) is 5.00. The van der Waals surface area contributed by atoms with Gasteiger partial charge < -0.3 is 5.32 Å². The maximum absolute atomic E-state index is 12.0. The molecule has 1 atom stereocenters. The molecule has 1 aliphatic rings. The molecule has 1 fully saturated rings. The molecule has 0 amide bonds. The molecule has 1 heterocycles. The second kappa shape index (κ2) is 4.75. The molecule has 16 heavy (non-hydrogen) atoms. The van der Waals surface area contributed by atoms with E-state index in [-0.39, 0.29) is 12.6 Å². The third-order valence-corrected chi connectivity index (χ3v) is 3.67. The van der Waals surface area contributed by atoms with E-state index in [1.54, 1.807) is 11.3 Å². The molecule has 0 spiro atoms. The number of halogens is 3. The van der Waals surface area contributed by atoms with Crippen LogP contribution < -0.4 is 5.32 Å². The van der Waals surface area contributed by atoms with Crippen molar-refractivity contribution in [3.8, 4) is 0 Å².